The van der Waals surface area contributed by atoms with Crippen LogP contribution in [0.3, 0.4) is 0 Å². The Balaban J connectivity index is 2.36. The minimum atomic E-state index is -0.685. The fraction of sp³-hybridized carbons (Fsp3) is 0.500. The van der Waals surface area contributed by atoms with Gasteiger partial charge in [-0.1, -0.05) is 6.08 Å². The maximum atomic E-state index is 10.1. The summed E-state index contributed by atoms with van der Waals surface area (Å²) in [6.07, 6.45) is 2.50. The minimum Gasteiger partial charge on any atom is -0.481 e. The van der Waals surface area contributed by atoms with Crippen molar-refractivity contribution in [1.29, 1.82) is 0 Å². The van der Waals surface area contributed by atoms with Gasteiger partial charge in [-0.3, -0.25) is 4.79 Å². The van der Waals surface area contributed by atoms with Gasteiger partial charge in [0.05, 0.1) is 5.92 Å². The first-order valence-electron chi connectivity index (χ1n) is 2.61. The second kappa shape index (κ2) is 1.62. The number of carboxylic acids is 1. The average Bonchev–Trinajstić information content (AvgIpc) is 2.42. The summed E-state index contributed by atoms with van der Waals surface area (Å²) >= 11 is 0. The fourth-order valence-corrected chi connectivity index (χ4v) is 0.759. The molecule has 2 nitrogen and oxygen atoms in total. The summed E-state index contributed by atoms with van der Waals surface area (Å²) in [5.41, 5.74) is 0. The molecule has 0 bridgehead atoms. The third-order valence-electron chi connectivity index (χ3n) is 1.46. The topological polar surface area (TPSA) is 37.3 Å². The summed E-state index contributed by atoms with van der Waals surface area (Å²) in [5, 5.41) is 8.31. The van der Waals surface area contributed by atoms with Crippen LogP contribution in [-0.4, -0.2) is 11.1 Å². The largest absolute Gasteiger partial charge is 0.481 e. The molecule has 0 heterocycles. The Morgan fingerprint density at radius 3 is 2.62 bits per heavy atom. The Bertz CT molecular complexity index is 128. The predicted octanol–water partition coefficient (Wildman–Crippen LogP) is 0.893. The molecule has 1 N–H and O–H groups in total. The average molecular weight is 112 g/mol. The summed E-state index contributed by atoms with van der Waals surface area (Å²) < 4.78 is 0. The lowest BCUT2D eigenvalue weighted by Crippen LogP contribution is -1.97. The van der Waals surface area contributed by atoms with Crippen molar-refractivity contribution in [2.24, 2.45) is 11.8 Å². The smallest absolute Gasteiger partial charge is 0.307 e. The fourth-order valence-electron chi connectivity index (χ4n) is 0.759. The minimum absolute atomic E-state index is 0.118. The van der Waals surface area contributed by atoms with E-state index in [4.69, 9.17) is 5.11 Å². The van der Waals surface area contributed by atoms with E-state index in [1.54, 1.807) is 6.08 Å². The number of carboxylic acid groups (broad SMARTS) is 1. The molecule has 2 unspecified atom stereocenters. The maximum Gasteiger partial charge on any atom is 0.307 e. The molecule has 0 aliphatic heterocycles. The summed E-state index contributed by atoms with van der Waals surface area (Å²) in [6, 6.07) is 0. The van der Waals surface area contributed by atoms with E-state index in [0.29, 0.717) is 0 Å². The van der Waals surface area contributed by atoms with Crippen molar-refractivity contribution in [2.45, 2.75) is 6.42 Å². The first-order valence-corrected chi connectivity index (χ1v) is 2.61. The van der Waals surface area contributed by atoms with Crippen LogP contribution in [0.1, 0.15) is 6.42 Å². The monoisotopic (exact) mass is 112 g/mol. The van der Waals surface area contributed by atoms with E-state index >= 15 is 0 Å². The first-order chi connectivity index (χ1) is 3.75. The van der Waals surface area contributed by atoms with Gasteiger partial charge in [0, 0.05) is 0 Å². The second-order valence-electron chi connectivity index (χ2n) is 2.08. The van der Waals surface area contributed by atoms with Gasteiger partial charge in [-0.25, -0.2) is 0 Å². The number of aliphatic carboxylic acids is 1. The predicted molar refractivity (Wildman–Crippen MR) is 29.4 cm³/mol. The Labute approximate surface area is 47.8 Å². The van der Waals surface area contributed by atoms with Crippen molar-refractivity contribution in [3.8, 4) is 0 Å². The Hall–Kier alpha value is -0.790. The van der Waals surface area contributed by atoms with E-state index < -0.39 is 5.97 Å². The van der Waals surface area contributed by atoms with Gasteiger partial charge in [0.25, 0.3) is 0 Å². The summed E-state index contributed by atoms with van der Waals surface area (Å²) in [7, 11) is 0. The molecule has 2 atom stereocenters. The zero-order valence-electron chi connectivity index (χ0n) is 4.50. The number of hydrogen-bond donors (Lipinski definition) is 1. The molecule has 0 aromatic heterocycles. The summed E-state index contributed by atoms with van der Waals surface area (Å²) in [5.74, 6) is -0.546. The highest BCUT2D eigenvalue weighted by molar-refractivity contribution is 5.73. The van der Waals surface area contributed by atoms with Gasteiger partial charge in [-0.05, 0) is 12.3 Å². The van der Waals surface area contributed by atoms with Crippen molar-refractivity contribution in [2.75, 3.05) is 0 Å². The second-order valence-corrected chi connectivity index (χ2v) is 2.08. The van der Waals surface area contributed by atoms with Crippen LogP contribution in [-0.2, 0) is 4.79 Å². The Morgan fingerprint density at radius 1 is 1.88 bits per heavy atom. The third kappa shape index (κ3) is 0.735. The van der Waals surface area contributed by atoms with Crippen LogP contribution in [0.2, 0.25) is 0 Å². The molecule has 44 valence electrons. The Morgan fingerprint density at radius 2 is 2.50 bits per heavy atom. The standard InChI is InChI=1S/C6H8O2/c1-2-4-3-5(4)6(7)8/h2,4-5H,1,3H2,(H,7,8). The zero-order chi connectivity index (χ0) is 6.15. The quantitative estimate of drug-likeness (QED) is 0.539. The van der Waals surface area contributed by atoms with Crippen LogP contribution in [0.15, 0.2) is 12.7 Å². The molecular weight excluding hydrogens is 104 g/mol. The lowest BCUT2D eigenvalue weighted by atomic mass is 10.3. The van der Waals surface area contributed by atoms with E-state index in [-0.39, 0.29) is 11.8 Å². The van der Waals surface area contributed by atoms with E-state index in [2.05, 4.69) is 6.58 Å². The maximum absolute atomic E-state index is 10.1. The highest BCUT2D eigenvalue weighted by Gasteiger charge is 2.40. The van der Waals surface area contributed by atoms with Crippen molar-refractivity contribution in [3.05, 3.63) is 12.7 Å². The lowest BCUT2D eigenvalue weighted by Gasteiger charge is -1.81. The van der Waals surface area contributed by atoms with Gasteiger partial charge >= 0.3 is 5.97 Å². The van der Waals surface area contributed by atoms with Crippen molar-refractivity contribution >= 4 is 5.97 Å². The van der Waals surface area contributed by atoms with Gasteiger partial charge in [-0.15, -0.1) is 6.58 Å². The number of hydrogen-bond acceptors (Lipinski definition) is 1. The van der Waals surface area contributed by atoms with Gasteiger partial charge in [-0.2, -0.15) is 0 Å². The van der Waals surface area contributed by atoms with Gasteiger partial charge in [0.2, 0.25) is 0 Å². The molecule has 1 aliphatic rings. The Kier molecular flexibility index (Phi) is 1.08. The number of rotatable bonds is 2. The highest BCUT2D eigenvalue weighted by Crippen LogP contribution is 2.38. The molecule has 0 aromatic rings. The van der Waals surface area contributed by atoms with Crippen molar-refractivity contribution in [1.82, 2.24) is 0 Å². The van der Waals surface area contributed by atoms with Crippen LogP contribution >= 0.6 is 0 Å². The van der Waals surface area contributed by atoms with Crippen LogP contribution in [0.5, 0.6) is 0 Å². The normalized spacial score (nSPS) is 34.0. The number of allylic oxidation sites excluding steroid dienone is 1. The van der Waals surface area contributed by atoms with E-state index in [1.165, 1.54) is 0 Å². The SMILES string of the molecule is C=CC1CC1C(=O)O. The summed E-state index contributed by atoms with van der Waals surface area (Å²) in [4.78, 5) is 10.1. The lowest BCUT2D eigenvalue weighted by molar-refractivity contribution is -0.138. The molecule has 0 radical (unpaired) electrons. The van der Waals surface area contributed by atoms with Crippen LogP contribution in [0, 0.1) is 11.8 Å². The zero-order valence-corrected chi connectivity index (χ0v) is 4.50. The molecule has 2 heteroatoms. The third-order valence-corrected chi connectivity index (χ3v) is 1.46. The van der Waals surface area contributed by atoms with Crippen LogP contribution in [0.4, 0.5) is 0 Å². The summed E-state index contributed by atoms with van der Waals surface area (Å²) in [6.45, 7) is 3.49. The molecule has 1 fully saturated rings. The molecule has 1 saturated carbocycles. The van der Waals surface area contributed by atoms with Gasteiger partial charge in [0.15, 0.2) is 0 Å². The van der Waals surface area contributed by atoms with Crippen LogP contribution < -0.4 is 0 Å². The highest BCUT2D eigenvalue weighted by atomic mass is 16.4. The van der Waals surface area contributed by atoms with E-state index in [1.807, 2.05) is 0 Å². The molecule has 8 heavy (non-hydrogen) atoms. The molecule has 0 aromatic carbocycles. The molecule has 0 amide bonds. The van der Waals surface area contributed by atoms with Gasteiger partial charge in [0.1, 0.15) is 0 Å². The number of carbonyl (C=O) groups is 1. The van der Waals surface area contributed by atoms with Crippen molar-refractivity contribution in [3.63, 3.8) is 0 Å². The first kappa shape index (κ1) is 5.35. The molecule has 1 rings (SSSR count). The molecule has 0 saturated heterocycles. The van der Waals surface area contributed by atoms with Gasteiger partial charge < -0.3 is 5.11 Å². The molecular formula is C6H8O2. The van der Waals surface area contributed by atoms with Crippen LogP contribution in [0.25, 0.3) is 0 Å². The molecule has 1 aliphatic carbocycles. The van der Waals surface area contributed by atoms with E-state index in [0.717, 1.165) is 6.42 Å². The molecule has 0 spiro atoms. The van der Waals surface area contributed by atoms with Crippen molar-refractivity contribution < 1.29 is 9.90 Å². The van der Waals surface area contributed by atoms with E-state index in [9.17, 15) is 4.79 Å².